The highest BCUT2D eigenvalue weighted by atomic mass is 16.4. The van der Waals surface area contributed by atoms with Crippen molar-refractivity contribution in [2.75, 3.05) is 11.4 Å². The molecule has 0 atom stereocenters. The van der Waals surface area contributed by atoms with E-state index in [1.807, 2.05) is 12.1 Å². The minimum atomic E-state index is -1.01. The molecular formula is C11H12N2O3. The molecule has 84 valence electrons. The van der Waals surface area contributed by atoms with E-state index in [4.69, 9.17) is 10.8 Å². The number of hydrogen-bond donors (Lipinski definition) is 2. The Balaban J connectivity index is 2.34. The molecule has 0 aromatic heterocycles. The van der Waals surface area contributed by atoms with Gasteiger partial charge in [0.15, 0.2) is 0 Å². The molecule has 1 aromatic rings. The Kier molecular flexibility index (Phi) is 2.62. The zero-order chi connectivity index (χ0) is 11.7. The van der Waals surface area contributed by atoms with Gasteiger partial charge in [-0.3, -0.25) is 9.59 Å². The van der Waals surface area contributed by atoms with E-state index in [-0.39, 0.29) is 18.9 Å². The van der Waals surface area contributed by atoms with Crippen molar-refractivity contribution in [2.45, 2.75) is 13.0 Å². The molecule has 0 radical (unpaired) electrons. The highest BCUT2D eigenvalue weighted by molar-refractivity contribution is 6.04. The average molecular weight is 220 g/mol. The van der Waals surface area contributed by atoms with E-state index in [0.717, 1.165) is 11.1 Å². The lowest BCUT2D eigenvalue weighted by atomic mass is 10.1. The Labute approximate surface area is 92.5 Å². The first kappa shape index (κ1) is 10.6. The highest BCUT2D eigenvalue weighted by Crippen LogP contribution is 2.29. The summed E-state index contributed by atoms with van der Waals surface area (Å²) in [5, 5.41) is 8.70. The van der Waals surface area contributed by atoms with E-state index in [2.05, 4.69) is 0 Å². The summed E-state index contributed by atoms with van der Waals surface area (Å²) in [5.41, 5.74) is 7.99. The largest absolute Gasteiger partial charge is 0.480 e. The maximum absolute atomic E-state index is 11.6. The molecule has 1 amide bonds. The van der Waals surface area contributed by atoms with Crippen LogP contribution in [0.4, 0.5) is 5.69 Å². The third kappa shape index (κ3) is 1.77. The van der Waals surface area contributed by atoms with Gasteiger partial charge < -0.3 is 15.7 Å². The molecule has 1 aliphatic heterocycles. The highest BCUT2D eigenvalue weighted by Gasteiger charge is 2.28. The average Bonchev–Trinajstić information content (AvgIpc) is 2.54. The third-order valence-corrected chi connectivity index (χ3v) is 2.61. The van der Waals surface area contributed by atoms with Crippen LogP contribution >= 0.6 is 0 Å². The number of carbonyl (C=O) groups excluding carboxylic acids is 1. The molecule has 5 heteroatoms. The van der Waals surface area contributed by atoms with Crippen LogP contribution in [0.15, 0.2) is 18.2 Å². The van der Waals surface area contributed by atoms with E-state index in [1.165, 1.54) is 4.90 Å². The maximum Gasteiger partial charge on any atom is 0.323 e. The fraction of sp³-hybridized carbons (Fsp3) is 0.273. The molecule has 1 aliphatic rings. The van der Waals surface area contributed by atoms with Crippen LogP contribution in [0.25, 0.3) is 0 Å². The molecular weight excluding hydrogens is 208 g/mol. The van der Waals surface area contributed by atoms with Gasteiger partial charge in [-0.2, -0.15) is 0 Å². The molecule has 2 rings (SSSR count). The molecule has 16 heavy (non-hydrogen) atoms. The van der Waals surface area contributed by atoms with E-state index in [0.29, 0.717) is 12.2 Å². The molecule has 0 fully saturated rings. The minimum Gasteiger partial charge on any atom is -0.480 e. The lowest BCUT2D eigenvalue weighted by molar-refractivity contribution is -0.136. The first-order valence-corrected chi connectivity index (χ1v) is 4.96. The van der Waals surface area contributed by atoms with Gasteiger partial charge in [-0.05, 0) is 17.2 Å². The lowest BCUT2D eigenvalue weighted by Crippen LogP contribution is -2.32. The molecule has 3 N–H and O–H groups in total. The van der Waals surface area contributed by atoms with Gasteiger partial charge >= 0.3 is 5.97 Å². The van der Waals surface area contributed by atoms with Crippen LogP contribution in [0, 0.1) is 0 Å². The Morgan fingerprint density at radius 3 is 2.88 bits per heavy atom. The number of nitrogens with zero attached hydrogens (tertiary/aromatic N) is 1. The van der Waals surface area contributed by atoms with Gasteiger partial charge in [-0.1, -0.05) is 12.1 Å². The summed E-state index contributed by atoms with van der Waals surface area (Å²) in [6, 6.07) is 5.42. The summed E-state index contributed by atoms with van der Waals surface area (Å²) in [5.74, 6) is -1.18. The van der Waals surface area contributed by atoms with E-state index < -0.39 is 5.97 Å². The smallest absolute Gasteiger partial charge is 0.323 e. The van der Waals surface area contributed by atoms with Crippen LogP contribution in [-0.4, -0.2) is 23.5 Å². The first-order valence-electron chi connectivity index (χ1n) is 4.96. The molecule has 0 spiro atoms. The number of hydrogen-bond acceptors (Lipinski definition) is 3. The van der Waals surface area contributed by atoms with Crippen molar-refractivity contribution in [1.29, 1.82) is 0 Å². The number of anilines is 1. The summed E-state index contributed by atoms with van der Waals surface area (Å²) in [4.78, 5) is 23.5. The second-order valence-electron chi connectivity index (χ2n) is 3.72. The molecule has 0 aliphatic carbocycles. The van der Waals surface area contributed by atoms with Gasteiger partial charge in [-0.25, -0.2) is 0 Å². The van der Waals surface area contributed by atoms with Crippen LogP contribution in [-0.2, 0) is 22.6 Å². The number of aliphatic carboxylic acids is 1. The van der Waals surface area contributed by atoms with Gasteiger partial charge in [0.1, 0.15) is 6.54 Å². The van der Waals surface area contributed by atoms with E-state index in [1.54, 1.807) is 6.07 Å². The number of carbonyl (C=O) groups is 2. The molecule has 0 saturated carbocycles. The van der Waals surface area contributed by atoms with Crippen molar-refractivity contribution in [3.63, 3.8) is 0 Å². The molecule has 0 bridgehead atoms. The number of benzene rings is 1. The summed E-state index contributed by atoms with van der Waals surface area (Å²) < 4.78 is 0. The number of amides is 1. The zero-order valence-corrected chi connectivity index (χ0v) is 8.64. The minimum absolute atomic E-state index is 0.174. The Hall–Kier alpha value is -1.88. The van der Waals surface area contributed by atoms with Crippen LogP contribution in [0.2, 0.25) is 0 Å². The van der Waals surface area contributed by atoms with Crippen LogP contribution in [0.5, 0.6) is 0 Å². The number of carboxylic acid groups (broad SMARTS) is 1. The monoisotopic (exact) mass is 220 g/mol. The lowest BCUT2D eigenvalue weighted by Gasteiger charge is -2.14. The van der Waals surface area contributed by atoms with Gasteiger partial charge in [0.2, 0.25) is 5.91 Å². The molecule has 5 nitrogen and oxygen atoms in total. The summed E-state index contributed by atoms with van der Waals surface area (Å²) >= 11 is 0. The summed E-state index contributed by atoms with van der Waals surface area (Å²) in [6.07, 6.45) is 0.260. The normalized spacial score (nSPS) is 14.1. The molecule has 1 heterocycles. The van der Waals surface area contributed by atoms with Gasteiger partial charge in [-0.15, -0.1) is 0 Å². The fourth-order valence-corrected chi connectivity index (χ4v) is 1.87. The second-order valence-corrected chi connectivity index (χ2v) is 3.72. The maximum atomic E-state index is 11.6. The summed E-state index contributed by atoms with van der Waals surface area (Å²) in [7, 11) is 0. The molecule has 0 unspecified atom stereocenters. The summed E-state index contributed by atoms with van der Waals surface area (Å²) in [6.45, 7) is 0.133. The SMILES string of the molecule is NCc1ccc2c(c1)CC(=O)N2CC(=O)O. The van der Waals surface area contributed by atoms with Crippen molar-refractivity contribution in [3.05, 3.63) is 29.3 Å². The van der Waals surface area contributed by atoms with Crippen molar-refractivity contribution in [2.24, 2.45) is 5.73 Å². The van der Waals surface area contributed by atoms with Crippen molar-refractivity contribution < 1.29 is 14.7 Å². The second kappa shape index (κ2) is 3.94. The van der Waals surface area contributed by atoms with Crippen molar-refractivity contribution in [3.8, 4) is 0 Å². The van der Waals surface area contributed by atoms with Crippen LogP contribution < -0.4 is 10.6 Å². The van der Waals surface area contributed by atoms with E-state index >= 15 is 0 Å². The number of fused-ring (bicyclic) bond motifs is 1. The Bertz CT molecular complexity index is 457. The Morgan fingerprint density at radius 1 is 1.50 bits per heavy atom. The predicted molar refractivity (Wildman–Crippen MR) is 58.0 cm³/mol. The van der Waals surface area contributed by atoms with Gasteiger partial charge in [0, 0.05) is 12.2 Å². The van der Waals surface area contributed by atoms with Gasteiger partial charge in [0.05, 0.1) is 6.42 Å². The number of rotatable bonds is 3. The quantitative estimate of drug-likeness (QED) is 0.757. The Morgan fingerprint density at radius 2 is 2.25 bits per heavy atom. The van der Waals surface area contributed by atoms with Crippen molar-refractivity contribution in [1.82, 2.24) is 0 Å². The zero-order valence-electron chi connectivity index (χ0n) is 8.64. The van der Waals surface area contributed by atoms with Crippen LogP contribution in [0.3, 0.4) is 0 Å². The topological polar surface area (TPSA) is 83.6 Å². The van der Waals surface area contributed by atoms with Crippen LogP contribution in [0.1, 0.15) is 11.1 Å². The van der Waals surface area contributed by atoms with Crippen molar-refractivity contribution >= 4 is 17.6 Å². The first-order chi connectivity index (χ1) is 7.61. The predicted octanol–water partition coefficient (Wildman–Crippen LogP) is 0.119. The van der Waals surface area contributed by atoms with Gasteiger partial charge in [0.25, 0.3) is 0 Å². The fourth-order valence-electron chi connectivity index (χ4n) is 1.87. The number of nitrogens with two attached hydrogens (primary N) is 1. The third-order valence-electron chi connectivity index (χ3n) is 2.61. The molecule has 1 aromatic carbocycles. The van der Waals surface area contributed by atoms with E-state index in [9.17, 15) is 9.59 Å². The number of carboxylic acids is 1. The molecule has 0 saturated heterocycles. The standard InChI is InChI=1S/C11H12N2O3/c12-5-7-1-2-9-8(3-7)4-10(14)13(9)6-11(15)16/h1-3H,4-6,12H2,(H,15,16).